The average molecular weight is 251 g/mol. The van der Waals surface area contributed by atoms with Gasteiger partial charge < -0.3 is 10.4 Å². The van der Waals surface area contributed by atoms with Crippen LogP contribution in [0.5, 0.6) is 0 Å². The van der Waals surface area contributed by atoms with Crippen LogP contribution in [-0.4, -0.2) is 41.2 Å². The molecule has 1 aromatic rings. The molecule has 1 heterocycles. The van der Waals surface area contributed by atoms with Crippen LogP contribution < -0.4 is 5.32 Å². The fourth-order valence-electron chi connectivity index (χ4n) is 1.85. The summed E-state index contributed by atoms with van der Waals surface area (Å²) in [7, 11) is 0. The molecule has 0 fully saturated rings. The molecule has 0 spiro atoms. The molecular weight excluding hydrogens is 226 g/mol. The summed E-state index contributed by atoms with van der Waals surface area (Å²) in [5, 5.41) is 12.3. The van der Waals surface area contributed by atoms with E-state index in [0.29, 0.717) is 0 Å². The Morgan fingerprint density at radius 2 is 2.22 bits per heavy atom. The van der Waals surface area contributed by atoms with Crippen molar-refractivity contribution in [3.05, 3.63) is 23.9 Å². The van der Waals surface area contributed by atoms with Crippen LogP contribution in [0.15, 0.2) is 18.3 Å². The second kappa shape index (κ2) is 8.89. The van der Waals surface area contributed by atoms with Crippen LogP contribution >= 0.6 is 0 Å². The first-order valence-electron chi connectivity index (χ1n) is 6.82. The van der Waals surface area contributed by atoms with E-state index in [2.05, 4.69) is 35.1 Å². The maximum atomic E-state index is 8.90. The van der Waals surface area contributed by atoms with Crippen molar-refractivity contribution in [3.8, 4) is 0 Å². The second-order valence-electron chi connectivity index (χ2n) is 4.38. The van der Waals surface area contributed by atoms with Crippen LogP contribution in [0.1, 0.15) is 32.3 Å². The van der Waals surface area contributed by atoms with Crippen LogP contribution in [0.25, 0.3) is 0 Å². The van der Waals surface area contributed by atoms with E-state index in [1.54, 1.807) is 0 Å². The van der Waals surface area contributed by atoms with Gasteiger partial charge in [0.15, 0.2) is 0 Å². The molecule has 18 heavy (non-hydrogen) atoms. The van der Waals surface area contributed by atoms with Gasteiger partial charge in [-0.3, -0.25) is 4.90 Å². The minimum atomic E-state index is 0.254. The van der Waals surface area contributed by atoms with Crippen molar-refractivity contribution in [2.75, 3.05) is 31.6 Å². The molecule has 1 aromatic heterocycles. The van der Waals surface area contributed by atoms with Crippen molar-refractivity contribution in [2.24, 2.45) is 0 Å². The van der Waals surface area contributed by atoms with Gasteiger partial charge in [0.05, 0.1) is 0 Å². The Labute approximate surface area is 110 Å². The lowest BCUT2D eigenvalue weighted by molar-refractivity contribution is 0.225. The lowest BCUT2D eigenvalue weighted by atomic mass is 10.2. The third-order valence-electron chi connectivity index (χ3n) is 2.91. The highest BCUT2D eigenvalue weighted by Crippen LogP contribution is 2.14. The van der Waals surface area contributed by atoms with Gasteiger partial charge in [0.1, 0.15) is 5.82 Å². The van der Waals surface area contributed by atoms with E-state index < -0.39 is 0 Å². The summed E-state index contributed by atoms with van der Waals surface area (Å²) in [5.74, 6) is 0.988. The molecule has 102 valence electrons. The second-order valence-corrected chi connectivity index (χ2v) is 4.38. The van der Waals surface area contributed by atoms with E-state index in [0.717, 1.165) is 44.8 Å². The molecule has 0 aliphatic rings. The Hall–Kier alpha value is -1.13. The highest BCUT2D eigenvalue weighted by Gasteiger charge is 2.07. The van der Waals surface area contributed by atoms with Crippen molar-refractivity contribution < 1.29 is 5.11 Å². The number of rotatable bonds is 9. The minimum Gasteiger partial charge on any atom is -0.396 e. The van der Waals surface area contributed by atoms with Gasteiger partial charge in [-0.25, -0.2) is 4.98 Å². The number of aliphatic hydroxyl groups is 1. The number of hydrogen-bond donors (Lipinski definition) is 2. The molecule has 0 radical (unpaired) electrons. The van der Waals surface area contributed by atoms with Crippen LogP contribution in [-0.2, 0) is 6.54 Å². The van der Waals surface area contributed by atoms with E-state index in [9.17, 15) is 0 Å². The van der Waals surface area contributed by atoms with Crippen molar-refractivity contribution in [1.29, 1.82) is 0 Å². The molecule has 0 aliphatic carbocycles. The molecule has 0 bridgehead atoms. The Kier molecular flexibility index (Phi) is 7.37. The van der Waals surface area contributed by atoms with Gasteiger partial charge in [0.2, 0.25) is 0 Å². The molecule has 4 heteroatoms. The first kappa shape index (κ1) is 14.9. The maximum absolute atomic E-state index is 8.90. The molecule has 0 aliphatic heterocycles. The molecule has 0 amide bonds. The zero-order valence-electron chi connectivity index (χ0n) is 11.5. The molecule has 2 N–H and O–H groups in total. The lowest BCUT2D eigenvalue weighted by Gasteiger charge is -2.21. The third-order valence-corrected chi connectivity index (χ3v) is 2.91. The lowest BCUT2D eigenvalue weighted by Crippen LogP contribution is -2.25. The molecule has 0 saturated heterocycles. The topological polar surface area (TPSA) is 48.4 Å². The molecule has 0 unspecified atom stereocenters. The van der Waals surface area contributed by atoms with E-state index in [-0.39, 0.29) is 6.61 Å². The highest BCUT2D eigenvalue weighted by molar-refractivity contribution is 5.43. The Balaban J connectivity index is 2.63. The van der Waals surface area contributed by atoms with Gasteiger partial charge in [0.25, 0.3) is 0 Å². The number of aromatic nitrogens is 1. The predicted octanol–water partition coefficient (Wildman–Crippen LogP) is 2.11. The van der Waals surface area contributed by atoms with Gasteiger partial charge >= 0.3 is 0 Å². The van der Waals surface area contributed by atoms with Crippen molar-refractivity contribution in [1.82, 2.24) is 9.88 Å². The van der Waals surface area contributed by atoms with Crippen LogP contribution in [0.4, 0.5) is 5.82 Å². The zero-order valence-corrected chi connectivity index (χ0v) is 11.5. The van der Waals surface area contributed by atoms with E-state index >= 15 is 0 Å². The number of pyridine rings is 1. The summed E-state index contributed by atoms with van der Waals surface area (Å²) < 4.78 is 0. The number of aliphatic hydroxyl groups excluding tert-OH is 1. The smallest absolute Gasteiger partial charge is 0.130 e. The number of nitrogens with one attached hydrogen (secondary N) is 1. The van der Waals surface area contributed by atoms with E-state index in [1.165, 1.54) is 5.56 Å². The van der Waals surface area contributed by atoms with Crippen LogP contribution in [0, 0.1) is 0 Å². The summed E-state index contributed by atoms with van der Waals surface area (Å²) >= 11 is 0. The van der Waals surface area contributed by atoms with Crippen molar-refractivity contribution in [2.45, 2.75) is 33.2 Å². The van der Waals surface area contributed by atoms with Crippen molar-refractivity contribution in [3.63, 3.8) is 0 Å². The molecule has 0 atom stereocenters. The SMILES string of the molecule is CCCNc1ncccc1CN(CC)CCCO. The Bertz CT molecular complexity index is 331. The van der Waals surface area contributed by atoms with E-state index in [4.69, 9.17) is 5.11 Å². The molecule has 4 nitrogen and oxygen atoms in total. The molecule has 0 aromatic carbocycles. The third kappa shape index (κ3) is 5.02. The minimum absolute atomic E-state index is 0.254. The largest absolute Gasteiger partial charge is 0.396 e. The predicted molar refractivity (Wildman–Crippen MR) is 75.7 cm³/mol. The van der Waals surface area contributed by atoms with Gasteiger partial charge in [0, 0.05) is 38.0 Å². The zero-order chi connectivity index (χ0) is 13.2. The van der Waals surface area contributed by atoms with Crippen LogP contribution in [0.2, 0.25) is 0 Å². The Morgan fingerprint density at radius 1 is 1.39 bits per heavy atom. The Morgan fingerprint density at radius 3 is 2.89 bits per heavy atom. The number of hydrogen-bond acceptors (Lipinski definition) is 4. The van der Waals surface area contributed by atoms with Crippen molar-refractivity contribution >= 4 is 5.82 Å². The standard InChI is InChI=1S/C14H25N3O/c1-3-8-15-14-13(7-5-9-16-14)12-17(4-2)10-6-11-18/h5,7,9,18H,3-4,6,8,10-12H2,1-2H3,(H,15,16). The van der Waals surface area contributed by atoms with Gasteiger partial charge in [-0.2, -0.15) is 0 Å². The van der Waals surface area contributed by atoms with Gasteiger partial charge in [-0.1, -0.05) is 19.9 Å². The average Bonchev–Trinajstić information content (AvgIpc) is 2.42. The monoisotopic (exact) mass is 251 g/mol. The quantitative estimate of drug-likeness (QED) is 0.705. The number of nitrogens with zero attached hydrogens (tertiary/aromatic N) is 2. The summed E-state index contributed by atoms with van der Waals surface area (Å²) in [6, 6.07) is 4.10. The fraction of sp³-hybridized carbons (Fsp3) is 0.643. The molecule has 0 saturated carbocycles. The summed E-state index contributed by atoms with van der Waals surface area (Å²) in [6.07, 6.45) is 3.75. The van der Waals surface area contributed by atoms with Gasteiger partial charge in [-0.05, 0) is 25.5 Å². The summed E-state index contributed by atoms with van der Waals surface area (Å²) in [6.45, 7) is 8.30. The molecule has 1 rings (SSSR count). The normalized spacial score (nSPS) is 10.9. The van der Waals surface area contributed by atoms with E-state index in [1.807, 2.05) is 12.3 Å². The summed E-state index contributed by atoms with van der Waals surface area (Å²) in [5.41, 5.74) is 1.23. The number of anilines is 1. The summed E-state index contributed by atoms with van der Waals surface area (Å²) in [4.78, 5) is 6.72. The maximum Gasteiger partial charge on any atom is 0.130 e. The highest BCUT2D eigenvalue weighted by atomic mass is 16.3. The molecular formula is C14H25N3O. The first-order valence-corrected chi connectivity index (χ1v) is 6.82. The van der Waals surface area contributed by atoms with Gasteiger partial charge in [-0.15, -0.1) is 0 Å². The fourth-order valence-corrected chi connectivity index (χ4v) is 1.85. The van der Waals surface area contributed by atoms with Crippen LogP contribution in [0.3, 0.4) is 0 Å². The first-order chi connectivity index (χ1) is 8.81.